The number of aliphatic imine (C=N–C) groups is 2. The molecule has 0 amide bonds. The molecule has 0 aliphatic carbocycles. The first kappa shape index (κ1) is 34.8. The van der Waals surface area contributed by atoms with E-state index in [9.17, 15) is 19.8 Å². The predicted molar refractivity (Wildman–Crippen MR) is 171 cm³/mol. The van der Waals surface area contributed by atoms with E-state index >= 15 is 0 Å². The van der Waals surface area contributed by atoms with Crippen LogP contribution in [-0.2, 0) is 39.5 Å². The Labute approximate surface area is 283 Å². The van der Waals surface area contributed by atoms with Crippen molar-refractivity contribution in [2.24, 2.45) is 9.98 Å². The van der Waals surface area contributed by atoms with Crippen molar-refractivity contribution in [3.8, 4) is 0 Å². The Bertz CT molecular complexity index is 1870. The number of hydrogen-bond acceptors (Lipinski definition) is 6. The summed E-state index contributed by atoms with van der Waals surface area (Å²) in [6, 6.07) is 0. The first-order chi connectivity index (χ1) is 20.8. The van der Waals surface area contributed by atoms with Crippen LogP contribution in [0.2, 0.25) is 0 Å². The van der Waals surface area contributed by atoms with E-state index in [1.807, 2.05) is 45.9 Å². The minimum atomic E-state index is -1.23. The van der Waals surface area contributed by atoms with Crippen molar-refractivity contribution in [3.63, 3.8) is 0 Å². The molecule has 1 radical (unpaired) electrons. The number of carbonyl (C=O) groups excluding carboxylic acids is 2. The Morgan fingerprint density at radius 1 is 0.867 bits per heavy atom. The Balaban J connectivity index is 0.00000461. The zero-order valence-corrected chi connectivity index (χ0v) is 28.9. The van der Waals surface area contributed by atoms with Crippen LogP contribution >= 0.6 is 23.2 Å². The molecule has 8 bridgehead atoms. The standard InChI is InChI=1S/C34H38Cl2N4O4.Mn/c1-7-20-16(3)26-13-24-17(4)22(9-11-30(41)42)27(37-24)15-28-23(10-12-31(43)44)18(5)25(38-28)14-29-21(8-2)19(6)34(36,40-29)33(35)32(20)39-26;/h13-15,33,37,39H,7-12H2,1-6H3,(H,41,42)(H,43,44);/q;+2/p-2. The normalized spacial score (nSPS) is 20.7. The van der Waals surface area contributed by atoms with Gasteiger partial charge < -0.3 is 29.8 Å². The molecule has 2 atom stereocenters. The Morgan fingerprint density at radius 2 is 1.53 bits per heavy atom. The molecule has 3 aliphatic rings. The van der Waals surface area contributed by atoms with Gasteiger partial charge in [-0.05, 0) is 129 Å². The maximum Gasteiger partial charge on any atom is 2.00 e. The van der Waals surface area contributed by atoms with Crippen LogP contribution in [0.3, 0.4) is 0 Å². The van der Waals surface area contributed by atoms with E-state index < -0.39 is 22.3 Å². The van der Waals surface area contributed by atoms with Crippen molar-refractivity contribution in [1.29, 1.82) is 0 Å². The molecule has 3 aliphatic heterocycles. The number of aromatic amines is 2. The Hall–Kier alpha value is -3.10. The van der Waals surface area contributed by atoms with Crippen molar-refractivity contribution in [3.05, 3.63) is 78.4 Å². The summed E-state index contributed by atoms with van der Waals surface area (Å²) in [6.07, 6.45) is 7.37. The number of hydrogen-bond donors (Lipinski definition) is 2. The van der Waals surface area contributed by atoms with E-state index in [1.54, 1.807) is 0 Å². The molecule has 8 nitrogen and oxygen atoms in total. The number of allylic oxidation sites excluding steroid dienone is 4. The van der Waals surface area contributed by atoms with Crippen LogP contribution in [0.5, 0.6) is 0 Å². The van der Waals surface area contributed by atoms with Gasteiger partial charge in [0.1, 0.15) is 5.38 Å². The fourth-order valence-electron chi connectivity index (χ4n) is 6.57. The van der Waals surface area contributed by atoms with Crippen molar-refractivity contribution in [2.75, 3.05) is 0 Å². The molecule has 0 saturated carbocycles. The minimum Gasteiger partial charge on any atom is -0.550 e. The molecule has 237 valence electrons. The fraction of sp³-hybridized carbons (Fsp3) is 0.412. The largest absolute Gasteiger partial charge is 2.00 e. The SMILES string of the molecule is CCC1=C(C)C2(Cl)N=C1C=C1N=C(C=c3[nH]c(c(C)c3CCC(=O)[O-])=Cc3[nH]c(c(CC)c3C)C2Cl)C(CCC(=O)[O-])=C1C.[Mn+2]. The molecular formula is C34H36Cl2MnN4O4. The van der Waals surface area contributed by atoms with E-state index in [0.29, 0.717) is 28.9 Å². The summed E-state index contributed by atoms with van der Waals surface area (Å²) in [7, 11) is 0. The summed E-state index contributed by atoms with van der Waals surface area (Å²) in [6.45, 7) is 12.0. The molecule has 5 rings (SSSR count). The molecule has 0 fully saturated rings. The van der Waals surface area contributed by atoms with Crippen LogP contribution < -0.4 is 20.9 Å². The monoisotopic (exact) mass is 689 g/mol. The summed E-state index contributed by atoms with van der Waals surface area (Å²) in [5.41, 5.74) is 10.9. The molecule has 2 N–H and O–H groups in total. The third-order valence-corrected chi connectivity index (χ3v) is 10.4. The first-order valence-corrected chi connectivity index (χ1v) is 15.8. The number of rotatable bonds is 8. The summed E-state index contributed by atoms with van der Waals surface area (Å²) < 4.78 is 0. The molecule has 0 aromatic carbocycles. The summed E-state index contributed by atoms with van der Waals surface area (Å²) >= 11 is 14.6. The molecule has 2 aromatic heterocycles. The number of aromatic nitrogens is 2. The average Bonchev–Trinajstić information content (AvgIpc) is 3.62. The molecule has 11 heteroatoms. The maximum atomic E-state index is 11.5. The number of fused-ring (bicyclic) bond motifs is 6. The van der Waals surface area contributed by atoms with E-state index in [0.717, 1.165) is 67.7 Å². The van der Waals surface area contributed by atoms with Crippen molar-refractivity contribution in [2.45, 2.75) is 90.4 Å². The number of carboxylic acids is 2. The number of alkyl halides is 2. The van der Waals surface area contributed by atoms with Crippen LogP contribution in [0.1, 0.15) is 92.4 Å². The number of carbonyl (C=O) groups is 2. The number of carboxylic acid groups (broad SMARTS) is 2. The van der Waals surface area contributed by atoms with Crippen LogP contribution in [0.4, 0.5) is 0 Å². The van der Waals surface area contributed by atoms with Gasteiger partial charge in [0.25, 0.3) is 0 Å². The number of nitrogens with one attached hydrogen (secondary N) is 2. The van der Waals surface area contributed by atoms with Gasteiger partial charge >= 0.3 is 17.1 Å². The zero-order chi connectivity index (χ0) is 32.1. The maximum absolute atomic E-state index is 11.5. The summed E-state index contributed by atoms with van der Waals surface area (Å²) in [4.78, 5) is 38.7. The van der Waals surface area contributed by atoms with E-state index in [1.165, 1.54) is 0 Å². The van der Waals surface area contributed by atoms with Crippen LogP contribution in [-0.4, -0.2) is 38.3 Å². The average molecular weight is 691 g/mol. The minimum absolute atomic E-state index is 0. The van der Waals surface area contributed by atoms with Gasteiger partial charge in [-0.25, -0.2) is 4.99 Å². The molecule has 2 unspecified atom stereocenters. The van der Waals surface area contributed by atoms with Gasteiger partial charge in [0.05, 0.1) is 17.1 Å². The van der Waals surface area contributed by atoms with Crippen molar-refractivity contribution in [1.82, 2.24) is 9.97 Å². The number of H-pyrrole nitrogens is 2. The molecule has 45 heavy (non-hydrogen) atoms. The molecule has 2 aromatic rings. The number of halogens is 2. The van der Waals surface area contributed by atoms with E-state index in [-0.39, 0.29) is 42.8 Å². The number of nitrogens with zero attached hydrogens (tertiary/aromatic N) is 2. The van der Waals surface area contributed by atoms with E-state index in [4.69, 9.17) is 33.2 Å². The van der Waals surface area contributed by atoms with Crippen LogP contribution in [0.25, 0.3) is 12.2 Å². The zero-order valence-electron chi connectivity index (χ0n) is 26.2. The topological polar surface area (TPSA) is 137 Å². The second kappa shape index (κ2) is 13.3. The first-order valence-electron chi connectivity index (χ1n) is 15.0. The quantitative estimate of drug-likeness (QED) is 0.249. The van der Waals surface area contributed by atoms with Gasteiger partial charge in [0.15, 0.2) is 5.00 Å². The predicted octanol–water partition coefficient (Wildman–Crippen LogP) is 3.41. The second-order valence-corrected chi connectivity index (χ2v) is 12.6. The van der Waals surface area contributed by atoms with Gasteiger partial charge in [0, 0.05) is 34.0 Å². The smallest absolute Gasteiger partial charge is 0.550 e. The second-order valence-electron chi connectivity index (χ2n) is 11.6. The van der Waals surface area contributed by atoms with Crippen molar-refractivity contribution < 1.29 is 36.9 Å². The third-order valence-electron chi connectivity index (χ3n) is 9.16. The van der Waals surface area contributed by atoms with E-state index in [2.05, 4.69) is 23.8 Å². The molecule has 0 spiro atoms. The van der Waals surface area contributed by atoms with Gasteiger partial charge in [-0.3, -0.25) is 4.99 Å². The van der Waals surface area contributed by atoms with Crippen LogP contribution in [0.15, 0.2) is 44.1 Å². The molecular weight excluding hydrogens is 654 g/mol. The van der Waals surface area contributed by atoms with Gasteiger partial charge in [-0.15, -0.1) is 11.6 Å². The Kier molecular flexibility index (Phi) is 10.3. The summed E-state index contributed by atoms with van der Waals surface area (Å²) in [5.74, 6) is -2.29. The van der Waals surface area contributed by atoms with Crippen molar-refractivity contribution >= 4 is 58.7 Å². The van der Waals surface area contributed by atoms with Gasteiger partial charge in [-0.2, -0.15) is 0 Å². The number of aliphatic carboxylic acids is 2. The fourth-order valence-corrected chi connectivity index (χ4v) is 7.28. The van der Waals surface area contributed by atoms with Gasteiger partial charge in [-0.1, -0.05) is 25.4 Å². The molecule has 0 saturated heterocycles. The summed E-state index contributed by atoms with van der Waals surface area (Å²) in [5, 5.41) is 23.7. The molecule has 5 heterocycles. The van der Waals surface area contributed by atoms with Gasteiger partial charge in [0.2, 0.25) is 0 Å². The Morgan fingerprint density at radius 3 is 2.16 bits per heavy atom. The third kappa shape index (κ3) is 6.20. The van der Waals surface area contributed by atoms with Crippen LogP contribution in [0, 0.1) is 13.8 Å².